The standard InChI is InChI=1S/C21H28N5O3/c1-13-8-14(2)10-16(9-13)25-11-15(3)12-26-17-18(22-20(25)26)23(4)21(29)24(19(17)28)6-5-7-27/h8-10,15,17,27H,5-7,11-12H2,1-4H3/q+1. The topological polar surface area (TPSA) is 79.5 Å². The molecule has 3 heterocycles. The van der Waals surface area contributed by atoms with Crippen molar-refractivity contribution >= 4 is 29.4 Å². The third-order valence-corrected chi connectivity index (χ3v) is 5.69. The van der Waals surface area contributed by atoms with Crippen LogP contribution in [0.4, 0.5) is 10.5 Å². The summed E-state index contributed by atoms with van der Waals surface area (Å²) in [6.07, 6.45) is 0.367. The van der Waals surface area contributed by atoms with Crippen LogP contribution in [-0.2, 0) is 4.79 Å². The van der Waals surface area contributed by atoms with Crippen LogP contribution in [0.5, 0.6) is 0 Å². The molecular formula is C21H28N5O3+. The Morgan fingerprint density at radius 2 is 1.90 bits per heavy atom. The Kier molecular flexibility index (Phi) is 4.90. The van der Waals surface area contributed by atoms with Crippen molar-refractivity contribution in [1.82, 2.24) is 9.80 Å². The number of fused-ring (bicyclic) bond motifs is 2. The van der Waals surface area contributed by atoms with E-state index in [0.717, 1.165) is 18.2 Å². The lowest BCUT2D eigenvalue weighted by Crippen LogP contribution is -2.63. The van der Waals surface area contributed by atoms with E-state index < -0.39 is 6.04 Å². The number of aliphatic hydroxyl groups excluding tert-OH is 1. The van der Waals surface area contributed by atoms with Gasteiger partial charge in [-0.3, -0.25) is 14.6 Å². The van der Waals surface area contributed by atoms with Gasteiger partial charge in [-0.05, 0) is 43.5 Å². The van der Waals surface area contributed by atoms with Gasteiger partial charge in [0.2, 0.25) is 11.9 Å². The second kappa shape index (κ2) is 7.26. The van der Waals surface area contributed by atoms with E-state index >= 15 is 0 Å². The van der Waals surface area contributed by atoms with E-state index in [1.165, 1.54) is 20.9 Å². The highest BCUT2D eigenvalue weighted by molar-refractivity contribution is 6.24. The molecule has 29 heavy (non-hydrogen) atoms. The maximum atomic E-state index is 13.2. The Morgan fingerprint density at radius 3 is 2.55 bits per heavy atom. The highest BCUT2D eigenvalue weighted by Gasteiger charge is 2.54. The maximum Gasteiger partial charge on any atom is 0.397 e. The average molecular weight is 398 g/mol. The molecule has 0 spiro atoms. The number of hydrogen-bond donors (Lipinski definition) is 1. The van der Waals surface area contributed by atoms with Crippen LogP contribution < -0.4 is 4.90 Å². The lowest BCUT2D eigenvalue weighted by atomic mass is 10.1. The van der Waals surface area contributed by atoms with Crippen molar-refractivity contribution in [3.8, 4) is 0 Å². The van der Waals surface area contributed by atoms with E-state index in [4.69, 9.17) is 10.1 Å². The molecule has 4 rings (SSSR count). The predicted octanol–water partition coefficient (Wildman–Crippen LogP) is 1.19. The van der Waals surface area contributed by atoms with Crippen LogP contribution in [-0.4, -0.2) is 82.5 Å². The average Bonchev–Trinajstić information content (AvgIpc) is 3.04. The molecule has 1 aromatic rings. The number of aliphatic imine (C=N–C) groups is 1. The third-order valence-electron chi connectivity index (χ3n) is 5.69. The molecule has 2 atom stereocenters. The van der Waals surface area contributed by atoms with Gasteiger partial charge in [0.1, 0.15) is 5.69 Å². The quantitative estimate of drug-likeness (QED) is 0.773. The van der Waals surface area contributed by atoms with Gasteiger partial charge < -0.3 is 5.11 Å². The molecule has 3 aliphatic rings. The maximum absolute atomic E-state index is 13.2. The number of likely N-dealkylation sites (N-methyl/N-ethyl adjacent to an activating group) is 1. The number of imide groups is 1. The van der Waals surface area contributed by atoms with Gasteiger partial charge in [-0.25, -0.2) is 14.3 Å². The molecule has 0 aromatic heterocycles. The van der Waals surface area contributed by atoms with Gasteiger partial charge in [0.15, 0.2) is 0 Å². The van der Waals surface area contributed by atoms with Gasteiger partial charge in [0.25, 0.3) is 5.91 Å². The first-order valence-electron chi connectivity index (χ1n) is 10.1. The van der Waals surface area contributed by atoms with Crippen LogP contribution in [0, 0.1) is 19.8 Å². The molecule has 0 saturated carbocycles. The first-order chi connectivity index (χ1) is 13.8. The van der Waals surface area contributed by atoms with Crippen LogP contribution >= 0.6 is 0 Å². The number of carbonyl (C=O) groups is 2. The van der Waals surface area contributed by atoms with Crippen molar-refractivity contribution in [1.29, 1.82) is 0 Å². The molecule has 1 aromatic carbocycles. The van der Waals surface area contributed by atoms with E-state index in [0.29, 0.717) is 24.7 Å². The van der Waals surface area contributed by atoms with E-state index in [9.17, 15) is 9.59 Å². The molecule has 1 fully saturated rings. The zero-order valence-corrected chi connectivity index (χ0v) is 17.4. The van der Waals surface area contributed by atoms with Gasteiger partial charge in [-0.15, -0.1) is 0 Å². The number of urea groups is 1. The van der Waals surface area contributed by atoms with Crippen LogP contribution in [0.1, 0.15) is 24.5 Å². The summed E-state index contributed by atoms with van der Waals surface area (Å²) < 4.78 is 2.03. The number of carbonyl (C=O) groups excluding carboxylic acids is 2. The Balaban J connectivity index is 1.77. The smallest absolute Gasteiger partial charge is 0.396 e. The number of amides is 3. The summed E-state index contributed by atoms with van der Waals surface area (Å²) in [5.74, 6) is 1.28. The number of anilines is 1. The number of aliphatic hydroxyl groups is 1. The third kappa shape index (κ3) is 3.21. The summed E-state index contributed by atoms with van der Waals surface area (Å²) >= 11 is 0. The number of amidine groups is 1. The first kappa shape index (κ1) is 19.6. The number of rotatable bonds is 4. The van der Waals surface area contributed by atoms with Gasteiger partial charge in [0.05, 0.1) is 13.1 Å². The van der Waals surface area contributed by atoms with Crippen molar-refractivity contribution in [2.75, 3.05) is 38.2 Å². The molecule has 8 heteroatoms. The van der Waals surface area contributed by atoms with E-state index in [2.05, 4.69) is 43.9 Å². The van der Waals surface area contributed by atoms with Gasteiger partial charge in [-0.1, -0.05) is 18.0 Å². The lowest BCUT2D eigenvalue weighted by molar-refractivity contribution is -0.545. The number of nitrogens with zero attached hydrogens (tertiary/aromatic N) is 5. The monoisotopic (exact) mass is 398 g/mol. The van der Waals surface area contributed by atoms with E-state index in [-0.39, 0.29) is 25.1 Å². The second-order valence-corrected chi connectivity index (χ2v) is 8.30. The fourth-order valence-electron chi connectivity index (χ4n) is 4.46. The highest BCUT2D eigenvalue weighted by atomic mass is 16.3. The van der Waals surface area contributed by atoms with Gasteiger partial charge in [0, 0.05) is 26.1 Å². The van der Waals surface area contributed by atoms with Gasteiger partial charge >= 0.3 is 12.0 Å². The fraction of sp³-hybridized carbons (Fsp3) is 0.524. The first-order valence-corrected chi connectivity index (χ1v) is 10.1. The van der Waals surface area contributed by atoms with Crippen molar-refractivity contribution in [2.24, 2.45) is 10.9 Å². The molecule has 0 aliphatic carbocycles. The Bertz CT molecular complexity index is 918. The summed E-state index contributed by atoms with van der Waals surface area (Å²) in [5.41, 5.74) is 3.40. The molecule has 2 unspecified atom stereocenters. The van der Waals surface area contributed by atoms with Crippen molar-refractivity contribution < 1.29 is 19.3 Å². The van der Waals surface area contributed by atoms with Crippen molar-refractivity contribution in [2.45, 2.75) is 33.2 Å². The Morgan fingerprint density at radius 1 is 1.21 bits per heavy atom. The van der Waals surface area contributed by atoms with Crippen LogP contribution in [0.15, 0.2) is 23.2 Å². The molecule has 3 aliphatic heterocycles. The van der Waals surface area contributed by atoms with Gasteiger partial charge in [-0.2, -0.15) is 0 Å². The van der Waals surface area contributed by atoms with E-state index in [1.54, 1.807) is 7.05 Å². The minimum Gasteiger partial charge on any atom is -0.396 e. The number of benzene rings is 1. The zero-order valence-electron chi connectivity index (χ0n) is 17.4. The molecule has 1 saturated heterocycles. The zero-order chi connectivity index (χ0) is 20.9. The summed E-state index contributed by atoms with van der Waals surface area (Å²) in [6, 6.07) is 5.41. The Labute approximate surface area is 170 Å². The predicted molar refractivity (Wildman–Crippen MR) is 110 cm³/mol. The largest absolute Gasteiger partial charge is 0.397 e. The summed E-state index contributed by atoms with van der Waals surface area (Å²) in [4.78, 5) is 35.6. The van der Waals surface area contributed by atoms with Crippen molar-refractivity contribution in [3.05, 3.63) is 29.3 Å². The van der Waals surface area contributed by atoms with E-state index in [1.807, 2.05) is 4.58 Å². The second-order valence-electron chi connectivity index (χ2n) is 8.30. The SMILES string of the molecule is Cc1cc(C)cc(N2CC(C)C[N+]3=C2N=C2C3C(=O)N(CCCO)C(=O)N2C)c1. The van der Waals surface area contributed by atoms with Crippen molar-refractivity contribution in [3.63, 3.8) is 0 Å². The summed E-state index contributed by atoms with van der Waals surface area (Å²) in [6.45, 7) is 7.96. The molecule has 0 radical (unpaired) electrons. The Hall–Kier alpha value is -2.74. The molecule has 154 valence electrons. The minimum atomic E-state index is -0.595. The lowest BCUT2D eigenvalue weighted by Gasteiger charge is -2.35. The van der Waals surface area contributed by atoms with Crippen LogP contribution in [0.2, 0.25) is 0 Å². The summed E-state index contributed by atoms with van der Waals surface area (Å²) in [5, 5.41) is 9.14. The normalized spacial score (nSPS) is 24.2. The van der Waals surface area contributed by atoms with Crippen LogP contribution in [0.3, 0.4) is 0 Å². The van der Waals surface area contributed by atoms with Crippen LogP contribution in [0.25, 0.3) is 0 Å². The summed E-state index contributed by atoms with van der Waals surface area (Å²) in [7, 11) is 1.66. The number of aryl methyl sites for hydroxylation is 2. The fourth-order valence-corrected chi connectivity index (χ4v) is 4.46. The number of hydrogen-bond acceptors (Lipinski definition) is 5. The molecule has 1 N–H and O–H groups in total. The molecule has 8 nitrogen and oxygen atoms in total. The highest BCUT2D eigenvalue weighted by Crippen LogP contribution is 2.29. The molecule has 3 amide bonds. The molecular weight excluding hydrogens is 370 g/mol. The minimum absolute atomic E-state index is 0.0645. The number of guanidine groups is 1. The molecule has 0 bridgehead atoms.